The Morgan fingerprint density at radius 3 is 2.68 bits per heavy atom. The highest BCUT2D eigenvalue weighted by molar-refractivity contribution is 9.10. The molecule has 2 rings (SSSR count). The second-order valence-corrected chi connectivity index (χ2v) is 6.68. The lowest BCUT2D eigenvalue weighted by atomic mass is 10.0. The number of rotatable bonds is 5. The van der Waals surface area contributed by atoms with Gasteiger partial charge >= 0.3 is 0 Å². The molecule has 1 N–H and O–H groups in total. The van der Waals surface area contributed by atoms with E-state index in [-0.39, 0.29) is 6.04 Å². The average molecular weight is 338 g/mol. The third-order valence-electron chi connectivity index (χ3n) is 3.22. The lowest BCUT2D eigenvalue weighted by molar-refractivity contribution is 0.602. The quantitative estimate of drug-likeness (QED) is 0.788. The lowest BCUT2D eigenvalue weighted by Gasteiger charge is -2.21. The Morgan fingerprint density at radius 1 is 1.26 bits per heavy atom. The maximum Gasteiger partial charge on any atom is 0.0684 e. The molecule has 0 saturated heterocycles. The van der Waals surface area contributed by atoms with Crippen LogP contribution in [0.3, 0.4) is 0 Å². The highest BCUT2D eigenvalue weighted by Crippen LogP contribution is 2.33. The van der Waals surface area contributed by atoms with E-state index in [9.17, 15) is 0 Å². The van der Waals surface area contributed by atoms with Crippen molar-refractivity contribution in [2.24, 2.45) is 0 Å². The van der Waals surface area contributed by atoms with E-state index in [1.54, 1.807) is 0 Å². The Morgan fingerprint density at radius 2 is 2.05 bits per heavy atom. The third kappa shape index (κ3) is 3.47. The van der Waals surface area contributed by atoms with Crippen LogP contribution in [0.25, 0.3) is 0 Å². The number of aryl methyl sites for hydroxylation is 2. The van der Waals surface area contributed by atoms with E-state index in [1.165, 1.54) is 26.0 Å². The minimum atomic E-state index is 0.286. The van der Waals surface area contributed by atoms with E-state index in [0.29, 0.717) is 0 Å². The van der Waals surface area contributed by atoms with Crippen LogP contribution in [0.1, 0.15) is 41.0 Å². The second kappa shape index (κ2) is 6.69. The van der Waals surface area contributed by atoms with Crippen LogP contribution >= 0.6 is 27.3 Å². The van der Waals surface area contributed by atoms with Crippen molar-refractivity contribution in [3.8, 4) is 0 Å². The van der Waals surface area contributed by atoms with Gasteiger partial charge in [0.1, 0.15) is 0 Å². The average Bonchev–Trinajstić information content (AvgIpc) is 2.80. The number of hydrogen-bond donors (Lipinski definition) is 1. The molecule has 0 spiro atoms. The van der Waals surface area contributed by atoms with Crippen molar-refractivity contribution in [1.29, 1.82) is 0 Å². The molecule has 2 aromatic rings. The third-order valence-corrected chi connectivity index (χ3v) is 5.03. The van der Waals surface area contributed by atoms with Gasteiger partial charge < -0.3 is 5.32 Å². The Labute approximate surface area is 128 Å². The number of hydrogen-bond acceptors (Lipinski definition) is 2. The van der Waals surface area contributed by atoms with E-state index in [2.05, 4.69) is 71.7 Å². The van der Waals surface area contributed by atoms with Crippen LogP contribution in [0.15, 0.2) is 34.1 Å². The van der Waals surface area contributed by atoms with Gasteiger partial charge in [-0.05, 0) is 55.5 Å². The molecule has 0 aliphatic rings. The molecule has 102 valence electrons. The van der Waals surface area contributed by atoms with Crippen LogP contribution < -0.4 is 5.32 Å². The summed E-state index contributed by atoms with van der Waals surface area (Å²) in [5.41, 5.74) is 4.00. The molecule has 1 atom stereocenters. The van der Waals surface area contributed by atoms with Crippen molar-refractivity contribution in [1.82, 2.24) is 5.32 Å². The molecule has 0 aliphatic heterocycles. The summed E-state index contributed by atoms with van der Waals surface area (Å²) in [6.07, 6.45) is 1.14. The fraction of sp³-hybridized carbons (Fsp3) is 0.375. The zero-order valence-corrected chi connectivity index (χ0v) is 14.1. The predicted octanol–water partition coefficient (Wildman–Crippen LogP) is 5.22. The molecule has 1 unspecified atom stereocenters. The topological polar surface area (TPSA) is 12.0 Å². The maximum atomic E-state index is 3.70. The van der Waals surface area contributed by atoms with Crippen LogP contribution in [0, 0.1) is 13.8 Å². The smallest absolute Gasteiger partial charge is 0.0684 e. The Balaban J connectivity index is 2.42. The summed E-state index contributed by atoms with van der Waals surface area (Å²) in [5, 5.41) is 5.85. The van der Waals surface area contributed by atoms with Gasteiger partial charge in [0.2, 0.25) is 0 Å². The molecule has 1 heterocycles. The zero-order chi connectivity index (χ0) is 13.8. The van der Waals surface area contributed by atoms with Gasteiger partial charge in [-0.25, -0.2) is 0 Å². The summed E-state index contributed by atoms with van der Waals surface area (Å²) < 4.78 is 1.18. The fourth-order valence-corrected chi connectivity index (χ4v) is 3.69. The molecule has 1 aromatic carbocycles. The molecule has 0 radical (unpaired) electrons. The zero-order valence-electron chi connectivity index (χ0n) is 11.7. The number of benzene rings is 1. The van der Waals surface area contributed by atoms with Gasteiger partial charge in [0.05, 0.1) is 6.04 Å². The Kier molecular flexibility index (Phi) is 5.20. The Hall–Kier alpha value is -0.640. The van der Waals surface area contributed by atoms with Crippen LogP contribution in [-0.2, 0) is 0 Å². The van der Waals surface area contributed by atoms with Crippen LogP contribution in [0.2, 0.25) is 0 Å². The van der Waals surface area contributed by atoms with Crippen molar-refractivity contribution in [3.05, 3.63) is 55.7 Å². The molecule has 3 heteroatoms. The van der Waals surface area contributed by atoms with Gasteiger partial charge in [-0.1, -0.05) is 40.5 Å². The molecule has 19 heavy (non-hydrogen) atoms. The number of halogens is 1. The lowest BCUT2D eigenvalue weighted by Crippen LogP contribution is -2.23. The molecular formula is C16H20BrNS. The van der Waals surface area contributed by atoms with E-state index in [4.69, 9.17) is 0 Å². The molecule has 0 aliphatic carbocycles. The SMILES string of the molecule is CCCNC(c1cc(C)ccc1Br)c1sccc1C. The molecule has 0 bridgehead atoms. The van der Waals surface area contributed by atoms with Gasteiger partial charge in [0.25, 0.3) is 0 Å². The summed E-state index contributed by atoms with van der Waals surface area (Å²) in [4.78, 5) is 1.42. The molecular weight excluding hydrogens is 318 g/mol. The largest absolute Gasteiger partial charge is 0.306 e. The summed E-state index contributed by atoms with van der Waals surface area (Å²) in [5.74, 6) is 0. The van der Waals surface area contributed by atoms with Crippen molar-refractivity contribution in [3.63, 3.8) is 0 Å². The highest BCUT2D eigenvalue weighted by atomic mass is 79.9. The standard InChI is InChI=1S/C16H20BrNS/c1-4-8-18-15(16-12(3)7-9-19-16)13-10-11(2)5-6-14(13)17/h5-7,9-10,15,18H,4,8H2,1-3H3. The van der Waals surface area contributed by atoms with E-state index in [1.807, 2.05) is 11.3 Å². The summed E-state index contributed by atoms with van der Waals surface area (Å²) in [6.45, 7) is 7.57. The van der Waals surface area contributed by atoms with E-state index in [0.717, 1.165) is 13.0 Å². The minimum Gasteiger partial charge on any atom is -0.306 e. The van der Waals surface area contributed by atoms with Gasteiger partial charge in [0.15, 0.2) is 0 Å². The molecule has 0 amide bonds. The van der Waals surface area contributed by atoms with Crippen molar-refractivity contribution >= 4 is 27.3 Å². The van der Waals surface area contributed by atoms with Crippen LogP contribution in [-0.4, -0.2) is 6.54 Å². The number of nitrogens with one attached hydrogen (secondary N) is 1. The highest BCUT2D eigenvalue weighted by Gasteiger charge is 2.19. The van der Waals surface area contributed by atoms with E-state index >= 15 is 0 Å². The maximum absolute atomic E-state index is 3.70. The first kappa shape index (κ1) is 14.8. The van der Waals surface area contributed by atoms with Gasteiger partial charge in [-0.15, -0.1) is 11.3 Å². The summed E-state index contributed by atoms with van der Waals surface area (Å²) >= 11 is 5.53. The van der Waals surface area contributed by atoms with E-state index < -0.39 is 0 Å². The predicted molar refractivity (Wildman–Crippen MR) is 88.1 cm³/mol. The molecule has 1 nitrogen and oxygen atoms in total. The van der Waals surface area contributed by atoms with Gasteiger partial charge in [-0.2, -0.15) is 0 Å². The first-order chi connectivity index (χ1) is 9.13. The molecule has 0 saturated carbocycles. The van der Waals surface area contributed by atoms with Crippen LogP contribution in [0.5, 0.6) is 0 Å². The molecule has 0 fully saturated rings. The summed E-state index contributed by atoms with van der Waals surface area (Å²) in [6, 6.07) is 9.05. The Bertz CT molecular complexity index is 547. The molecule has 1 aromatic heterocycles. The summed E-state index contributed by atoms with van der Waals surface area (Å²) in [7, 11) is 0. The monoisotopic (exact) mass is 337 g/mol. The normalized spacial score (nSPS) is 12.6. The van der Waals surface area contributed by atoms with Crippen molar-refractivity contribution in [2.45, 2.75) is 33.2 Å². The number of thiophene rings is 1. The fourth-order valence-electron chi connectivity index (χ4n) is 2.20. The van der Waals surface area contributed by atoms with Gasteiger partial charge in [-0.3, -0.25) is 0 Å². The first-order valence-corrected chi connectivity index (χ1v) is 8.34. The minimum absolute atomic E-state index is 0.286. The van der Waals surface area contributed by atoms with Crippen molar-refractivity contribution < 1.29 is 0 Å². The van der Waals surface area contributed by atoms with Crippen LogP contribution in [0.4, 0.5) is 0 Å². The van der Waals surface area contributed by atoms with Gasteiger partial charge in [0, 0.05) is 9.35 Å². The van der Waals surface area contributed by atoms with Crippen molar-refractivity contribution in [2.75, 3.05) is 6.54 Å². The first-order valence-electron chi connectivity index (χ1n) is 6.67. The second-order valence-electron chi connectivity index (χ2n) is 4.88.